The van der Waals surface area contributed by atoms with Crippen LogP contribution in [0.3, 0.4) is 0 Å². The fourth-order valence-electron chi connectivity index (χ4n) is 2.46. The van der Waals surface area contributed by atoms with Crippen LogP contribution in [0.1, 0.15) is 12.8 Å². The zero-order chi connectivity index (χ0) is 13.4. The molecule has 3 rings (SSSR count). The summed E-state index contributed by atoms with van der Waals surface area (Å²) in [7, 11) is 0. The van der Waals surface area contributed by atoms with E-state index in [-0.39, 0.29) is 5.92 Å². The van der Waals surface area contributed by atoms with Crippen molar-refractivity contribution in [3.8, 4) is 0 Å². The maximum atomic E-state index is 10.9. The van der Waals surface area contributed by atoms with E-state index >= 15 is 0 Å². The van der Waals surface area contributed by atoms with Gasteiger partial charge in [0.25, 0.3) is 0 Å². The highest BCUT2D eigenvalue weighted by molar-refractivity contribution is 9.10. The monoisotopic (exact) mass is 323 g/mol. The molecule has 1 saturated heterocycles. The van der Waals surface area contributed by atoms with Crippen molar-refractivity contribution in [3.05, 3.63) is 22.7 Å². The Labute approximate surface area is 118 Å². The topological polar surface area (TPSA) is 69.2 Å². The lowest BCUT2D eigenvalue weighted by atomic mass is 9.97. The molecule has 1 aliphatic rings. The average Bonchev–Trinajstić information content (AvgIpc) is 2.81. The molecule has 0 aliphatic carbocycles. The van der Waals surface area contributed by atoms with Crippen molar-refractivity contribution in [1.29, 1.82) is 0 Å². The summed E-state index contributed by atoms with van der Waals surface area (Å²) in [5, 5.41) is 8.99. The summed E-state index contributed by atoms with van der Waals surface area (Å²) in [6, 6.07) is 5.92. The molecule has 2 N–H and O–H groups in total. The van der Waals surface area contributed by atoms with E-state index in [0.717, 1.165) is 34.5 Å². The molecule has 0 atom stereocenters. The number of halogens is 1. The first-order valence-corrected chi connectivity index (χ1v) is 7.06. The third-order valence-corrected chi connectivity index (χ3v) is 4.07. The fraction of sp³-hybridized carbons (Fsp3) is 0.385. The van der Waals surface area contributed by atoms with Crippen molar-refractivity contribution in [2.24, 2.45) is 5.92 Å². The first-order valence-electron chi connectivity index (χ1n) is 6.26. The molecule has 100 valence electrons. The van der Waals surface area contributed by atoms with Crippen molar-refractivity contribution in [1.82, 2.24) is 9.97 Å². The molecule has 1 fully saturated rings. The molecule has 0 bridgehead atoms. The number of hydrogen-bond donors (Lipinski definition) is 2. The van der Waals surface area contributed by atoms with Gasteiger partial charge in [-0.05, 0) is 31.0 Å². The van der Waals surface area contributed by atoms with Crippen LogP contribution in [0, 0.1) is 5.92 Å². The van der Waals surface area contributed by atoms with Crippen molar-refractivity contribution in [2.45, 2.75) is 12.8 Å². The third kappa shape index (κ3) is 2.45. The number of piperidine rings is 1. The normalized spacial score (nSPS) is 17.0. The summed E-state index contributed by atoms with van der Waals surface area (Å²) < 4.78 is 1.01. The number of imidazole rings is 1. The van der Waals surface area contributed by atoms with E-state index in [2.05, 4.69) is 30.8 Å². The summed E-state index contributed by atoms with van der Waals surface area (Å²) in [4.78, 5) is 20.9. The van der Waals surface area contributed by atoms with Crippen LogP contribution < -0.4 is 4.90 Å². The molecule has 5 nitrogen and oxygen atoms in total. The summed E-state index contributed by atoms with van der Waals surface area (Å²) in [6.45, 7) is 1.47. The van der Waals surface area contributed by atoms with Crippen molar-refractivity contribution >= 4 is 38.9 Å². The zero-order valence-electron chi connectivity index (χ0n) is 10.3. The van der Waals surface area contributed by atoms with Gasteiger partial charge in [0, 0.05) is 17.6 Å². The number of carboxylic acid groups (broad SMARTS) is 1. The van der Waals surface area contributed by atoms with Crippen LogP contribution in [0.25, 0.3) is 11.0 Å². The first-order chi connectivity index (χ1) is 9.13. The van der Waals surface area contributed by atoms with Crippen molar-refractivity contribution in [2.75, 3.05) is 18.0 Å². The number of benzene rings is 1. The van der Waals surface area contributed by atoms with Gasteiger partial charge in [-0.3, -0.25) is 4.79 Å². The lowest BCUT2D eigenvalue weighted by Gasteiger charge is -2.29. The fourth-order valence-corrected chi connectivity index (χ4v) is 2.82. The number of hydrogen-bond acceptors (Lipinski definition) is 3. The van der Waals surface area contributed by atoms with Gasteiger partial charge in [-0.15, -0.1) is 0 Å². The van der Waals surface area contributed by atoms with Gasteiger partial charge in [-0.25, -0.2) is 4.98 Å². The third-order valence-electron chi connectivity index (χ3n) is 3.58. The molecule has 1 aliphatic heterocycles. The maximum Gasteiger partial charge on any atom is 0.306 e. The number of carboxylic acids is 1. The highest BCUT2D eigenvalue weighted by atomic mass is 79.9. The number of aliphatic carboxylic acids is 1. The minimum atomic E-state index is -0.687. The largest absolute Gasteiger partial charge is 0.481 e. The highest BCUT2D eigenvalue weighted by Gasteiger charge is 2.25. The molecule has 6 heteroatoms. The van der Waals surface area contributed by atoms with Crippen LogP contribution in [0.15, 0.2) is 22.7 Å². The molecule has 0 spiro atoms. The number of aromatic amines is 1. The van der Waals surface area contributed by atoms with Crippen molar-refractivity contribution in [3.63, 3.8) is 0 Å². The molecule has 1 aromatic heterocycles. The molecule has 0 unspecified atom stereocenters. The quantitative estimate of drug-likeness (QED) is 0.891. The summed E-state index contributed by atoms with van der Waals surface area (Å²) in [5.74, 6) is -0.0695. The van der Waals surface area contributed by atoms with E-state index in [0.29, 0.717) is 12.8 Å². The number of aromatic nitrogens is 2. The van der Waals surface area contributed by atoms with Crippen LogP contribution in [-0.2, 0) is 4.79 Å². The minimum absolute atomic E-state index is 0.213. The van der Waals surface area contributed by atoms with Crippen LogP contribution in [0.5, 0.6) is 0 Å². The van der Waals surface area contributed by atoms with Gasteiger partial charge in [-0.1, -0.05) is 15.9 Å². The van der Waals surface area contributed by atoms with Gasteiger partial charge < -0.3 is 15.0 Å². The van der Waals surface area contributed by atoms with E-state index < -0.39 is 5.97 Å². The second-order valence-electron chi connectivity index (χ2n) is 4.82. The lowest BCUT2D eigenvalue weighted by Crippen LogP contribution is -2.36. The Kier molecular flexibility index (Phi) is 3.18. The predicted octanol–water partition coefficient (Wildman–Crippen LogP) is 2.63. The maximum absolute atomic E-state index is 10.9. The number of nitrogens with zero attached hydrogens (tertiary/aromatic N) is 2. The molecule has 0 amide bonds. The van der Waals surface area contributed by atoms with Gasteiger partial charge in [-0.2, -0.15) is 0 Å². The summed E-state index contributed by atoms with van der Waals surface area (Å²) >= 11 is 3.43. The molecule has 1 aromatic carbocycles. The summed E-state index contributed by atoms with van der Waals surface area (Å²) in [6.07, 6.45) is 1.35. The van der Waals surface area contributed by atoms with E-state index in [1.54, 1.807) is 0 Å². The lowest BCUT2D eigenvalue weighted by molar-refractivity contribution is -0.142. The number of fused-ring (bicyclic) bond motifs is 1. The van der Waals surface area contributed by atoms with Gasteiger partial charge in [0.1, 0.15) is 0 Å². The van der Waals surface area contributed by atoms with E-state index in [9.17, 15) is 4.79 Å². The Balaban J connectivity index is 1.80. The summed E-state index contributed by atoms with van der Waals surface area (Å²) in [5.41, 5.74) is 1.92. The number of rotatable bonds is 2. The predicted molar refractivity (Wildman–Crippen MR) is 76.4 cm³/mol. The number of anilines is 1. The second-order valence-corrected chi connectivity index (χ2v) is 5.74. The molecular formula is C13H14BrN3O2. The Bertz CT molecular complexity index is 617. The van der Waals surface area contributed by atoms with E-state index in [1.807, 2.05) is 18.2 Å². The Hall–Kier alpha value is -1.56. The average molecular weight is 324 g/mol. The van der Waals surface area contributed by atoms with Gasteiger partial charge in [0.15, 0.2) is 0 Å². The Morgan fingerprint density at radius 1 is 1.42 bits per heavy atom. The van der Waals surface area contributed by atoms with Crippen LogP contribution in [0.2, 0.25) is 0 Å². The number of carbonyl (C=O) groups is 1. The Morgan fingerprint density at radius 2 is 2.16 bits per heavy atom. The molecule has 2 heterocycles. The molecule has 19 heavy (non-hydrogen) atoms. The van der Waals surface area contributed by atoms with Gasteiger partial charge in [0.05, 0.1) is 17.0 Å². The smallest absolute Gasteiger partial charge is 0.306 e. The molecule has 0 radical (unpaired) electrons. The van der Waals surface area contributed by atoms with Gasteiger partial charge >= 0.3 is 5.97 Å². The first kappa shape index (κ1) is 12.5. The molecule has 2 aromatic rings. The number of nitrogens with one attached hydrogen (secondary N) is 1. The van der Waals surface area contributed by atoms with Gasteiger partial charge in [0.2, 0.25) is 5.95 Å². The number of H-pyrrole nitrogens is 1. The van der Waals surface area contributed by atoms with E-state index in [1.165, 1.54) is 0 Å². The van der Waals surface area contributed by atoms with Crippen LogP contribution in [-0.4, -0.2) is 34.1 Å². The highest BCUT2D eigenvalue weighted by Crippen LogP contribution is 2.25. The zero-order valence-corrected chi connectivity index (χ0v) is 11.9. The SMILES string of the molecule is O=C(O)C1CCN(c2nc3ccc(Br)cc3[nH]2)CC1. The molecular weight excluding hydrogens is 310 g/mol. The van der Waals surface area contributed by atoms with Crippen molar-refractivity contribution < 1.29 is 9.90 Å². The van der Waals surface area contributed by atoms with Crippen LogP contribution in [0.4, 0.5) is 5.95 Å². The second kappa shape index (κ2) is 4.85. The Morgan fingerprint density at radius 3 is 2.84 bits per heavy atom. The molecule has 0 saturated carbocycles. The minimum Gasteiger partial charge on any atom is -0.481 e. The van der Waals surface area contributed by atoms with Crippen LogP contribution >= 0.6 is 15.9 Å². The van der Waals surface area contributed by atoms with E-state index in [4.69, 9.17) is 5.11 Å². The standard InChI is InChI=1S/C13H14BrN3O2/c14-9-1-2-10-11(7-9)16-13(15-10)17-5-3-8(4-6-17)12(18)19/h1-2,7-8H,3-6H2,(H,15,16)(H,18,19).